The van der Waals surface area contributed by atoms with Gasteiger partial charge >= 0.3 is 85.5 Å². The van der Waals surface area contributed by atoms with E-state index in [4.69, 9.17) is 5.73 Å². The van der Waals surface area contributed by atoms with Gasteiger partial charge in [0.1, 0.15) is 0 Å². The van der Waals surface area contributed by atoms with E-state index in [0.717, 1.165) is 18.8 Å². The Morgan fingerprint density at radius 3 is 2.77 bits per heavy atom. The van der Waals surface area contributed by atoms with Gasteiger partial charge in [0, 0.05) is 0 Å². The number of hydrogen-bond acceptors (Lipinski definition) is 2. The normalized spacial score (nSPS) is 10.7. The zero-order valence-corrected chi connectivity index (χ0v) is 10.00. The molecule has 74 valence electrons. The molecule has 0 aliphatic carbocycles. The molecule has 0 saturated heterocycles. The molecule has 2 N–H and O–H groups in total. The zero-order valence-electron chi connectivity index (χ0n) is 8.29. The summed E-state index contributed by atoms with van der Waals surface area (Å²) < 4.78 is 2.09. The van der Waals surface area contributed by atoms with Crippen molar-refractivity contribution in [1.82, 2.24) is 9.78 Å². The summed E-state index contributed by atoms with van der Waals surface area (Å²) in [6, 6.07) is 2.12. The topological polar surface area (TPSA) is 43.8 Å². The van der Waals surface area contributed by atoms with Gasteiger partial charge in [-0.3, -0.25) is 0 Å². The molecule has 0 radical (unpaired) electrons. The molecule has 0 aromatic carbocycles. The second-order valence-electron chi connectivity index (χ2n) is 3.05. The summed E-state index contributed by atoms with van der Waals surface area (Å²) >= 11 is 0.695. The molecule has 0 aliphatic heterocycles. The third-order valence-electron chi connectivity index (χ3n) is 1.81. The van der Waals surface area contributed by atoms with E-state index in [-0.39, 0.29) is 0 Å². The Morgan fingerprint density at radius 1 is 1.46 bits per heavy atom. The van der Waals surface area contributed by atoms with Gasteiger partial charge in [-0.1, -0.05) is 0 Å². The van der Waals surface area contributed by atoms with Crippen molar-refractivity contribution in [2.75, 3.05) is 6.54 Å². The summed E-state index contributed by atoms with van der Waals surface area (Å²) in [5.74, 6) is 0. The maximum atomic E-state index is 5.44. The van der Waals surface area contributed by atoms with Crippen molar-refractivity contribution < 1.29 is 0 Å². The monoisotopic (exact) mass is 247 g/mol. The predicted molar refractivity (Wildman–Crippen MR) is 56.1 cm³/mol. The molecule has 0 amide bonds. The number of aromatic nitrogens is 2. The van der Waals surface area contributed by atoms with Crippen molar-refractivity contribution >= 4 is 15.0 Å². The molecule has 1 heterocycles. The molecular formula is C9H17N3Se. The first kappa shape index (κ1) is 10.8. The first-order chi connectivity index (χ1) is 6.24. The van der Waals surface area contributed by atoms with Gasteiger partial charge in [0.2, 0.25) is 0 Å². The molecular weight excluding hydrogens is 229 g/mol. The van der Waals surface area contributed by atoms with E-state index in [9.17, 15) is 0 Å². The van der Waals surface area contributed by atoms with Crippen LogP contribution in [-0.4, -0.2) is 31.3 Å². The van der Waals surface area contributed by atoms with Crippen molar-refractivity contribution in [3.63, 3.8) is 0 Å². The molecule has 0 atom stereocenters. The van der Waals surface area contributed by atoms with Crippen LogP contribution >= 0.6 is 0 Å². The van der Waals surface area contributed by atoms with Crippen molar-refractivity contribution in [2.45, 2.75) is 31.0 Å². The molecule has 0 bridgehead atoms. The first-order valence-electron chi connectivity index (χ1n) is 4.53. The number of aryl methyl sites for hydroxylation is 3. The van der Waals surface area contributed by atoms with Gasteiger partial charge in [-0.2, -0.15) is 0 Å². The standard InChI is InChI=1S/C9H17N3Se/c1-8-7-9(2)12(11-8)4-6-13-5-3-10/h7H,3-6,10H2,1-2H3. The van der Waals surface area contributed by atoms with Crippen LogP contribution in [0.25, 0.3) is 0 Å². The van der Waals surface area contributed by atoms with Gasteiger partial charge in [0.05, 0.1) is 0 Å². The fourth-order valence-corrected chi connectivity index (χ4v) is 2.65. The molecule has 1 aromatic rings. The maximum absolute atomic E-state index is 5.44. The van der Waals surface area contributed by atoms with Crippen LogP contribution in [0.3, 0.4) is 0 Å². The molecule has 13 heavy (non-hydrogen) atoms. The van der Waals surface area contributed by atoms with Crippen molar-refractivity contribution in [1.29, 1.82) is 0 Å². The molecule has 0 saturated carbocycles. The Bertz CT molecular complexity index is 257. The zero-order chi connectivity index (χ0) is 9.68. The molecule has 1 aromatic heterocycles. The first-order valence-corrected chi connectivity index (χ1v) is 6.95. The fourth-order valence-electron chi connectivity index (χ4n) is 1.24. The Labute approximate surface area is 85.8 Å². The Kier molecular flexibility index (Phi) is 4.49. The van der Waals surface area contributed by atoms with Crippen molar-refractivity contribution in [3.8, 4) is 0 Å². The van der Waals surface area contributed by atoms with E-state index < -0.39 is 0 Å². The number of nitrogens with zero attached hydrogens (tertiary/aromatic N) is 2. The molecule has 1 rings (SSSR count). The second kappa shape index (κ2) is 5.43. The van der Waals surface area contributed by atoms with Gasteiger partial charge in [0.25, 0.3) is 0 Å². The summed E-state index contributed by atoms with van der Waals surface area (Å²) in [6.07, 6.45) is 0. The van der Waals surface area contributed by atoms with E-state index in [1.807, 2.05) is 6.92 Å². The number of hydrogen-bond donors (Lipinski definition) is 1. The number of rotatable bonds is 5. The number of nitrogens with two attached hydrogens (primary N) is 1. The molecule has 0 fully saturated rings. The molecule has 4 heteroatoms. The van der Waals surface area contributed by atoms with Gasteiger partial charge in [0.15, 0.2) is 0 Å². The van der Waals surface area contributed by atoms with E-state index in [0.29, 0.717) is 15.0 Å². The molecule has 0 spiro atoms. The summed E-state index contributed by atoms with van der Waals surface area (Å²) in [6.45, 7) is 6.03. The fraction of sp³-hybridized carbons (Fsp3) is 0.667. The van der Waals surface area contributed by atoms with E-state index in [1.165, 1.54) is 16.3 Å². The Morgan fingerprint density at radius 2 is 2.23 bits per heavy atom. The third-order valence-corrected chi connectivity index (χ3v) is 3.90. The van der Waals surface area contributed by atoms with Crippen molar-refractivity contribution in [2.24, 2.45) is 5.73 Å². The average molecular weight is 246 g/mol. The minimum absolute atomic E-state index is 0.695. The average Bonchev–Trinajstić information content (AvgIpc) is 2.39. The van der Waals surface area contributed by atoms with Crippen LogP contribution in [0, 0.1) is 13.8 Å². The summed E-state index contributed by atoms with van der Waals surface area (Å²) in [4.78, 5) is 0. The molecule has 0 aliphatic rings. The van der Waals surface area contributed by atoms with Crippen LogP contribution in [0.15, 0.2) is 6.07 Å². The van der Waals surface area contributed by atoms with Crippen LogP contribution in [0.4, 0.5) is 0 Å². The molecule has 0 unspecified atom stereocenters. The van der Waals surface area contributed by atoms with E-state index in [1.54, 1.807) is 0 Å². The SMILES string of the molecule is Cc1cc(C)n(CC[Se]CCN)n1. The third kappa shape index (κ3) is 3.51. The van der Waals surface area contributed by atoms with Gasteiger partial charge in [-0.15, -0.1) is 0 Å². The minimum atomic E-state index is 0.695. The van der Waals surface area contributed by atoms with Gasteiger partial charge < -0.3 is 0 Å². The Balaban J connectivity index is 2.32. The van der Waals surface area contributed by atoms with Crippen LogP contribution in [0.2, 0.25) is 10.6 Å². The summed E-state index contributed by atoms with van der Waals surface area (Å²) in [7, 11) is 0. The van der Waals surface area contributed by atoms with Crippen LogP contribution in [0.1, 0.15) is 11.4 Å². The van der Waals surface area contributed by atoms with Crippen molar-refractivity contribution in [3.05, 3.63) is 17.5 Å². The predicted octanol–water partition coefficient (Wildman–Crippen LogP) is 0.999. The van der Waals surface area contributed by atoms with Gasteiger partial charge in [-0.05, 0) is 0 Å². The van der Waals surface area contributed by atoms with Crippen LogP contribution < -0.4 is 5.73 Å². The van der Waals surface area contributed by atoms with E-state index >= 15 is 0 Å². The van der Waals surface area contributed by atoms with Crippen LogP contribution in [0.5, 0.6) is 0 Å². The van der Waals surface area contributed by atoms with Gasteiger partial charge in [-0.25, -0.2) is 0 Å². The quantitative estimate of drug-likeness (QED) is 0.622. The van der Waals surface area contributed by atoms with E-state index in [2.05, 4.69) is 22.8 Å². The summed E-state index contributed by atoms with van der Waals surface area (Å²) in [5, 5.41) is 6.83. The summed E-state index contributed by atoms with van der Waals surface area (Å²) in [5.41, 5.74) is 7.81. The second-order valence-corrected chi connectivity index (χ2v) is 5.62. The van der Waals surface area contributed by atoms with Crippen LogP contribution in [-0.2, 0) is 6.54 Å². The Hall–Kier alpha value is -0.311. The molecule has 3 nitrogen and oxygen atoms in total.